The second kappa shape index (κ2) is 18.2. The molecule has 10 nitrogen and oxygen atoms in total. The highest BCUT2D eigenvalue weighted by Gasteiger charge is 2.43. The Morgan fingerprint density at radius 3 is 1.95 bits per heavy atom. The van der Waals surface area contributed by atoms with Gasteiger partial charge in [0.15, 0.2) is 0 Å². The monoisotopic (exact) mass is 606 g/mol. The van der Waals surface area contributed by atoms with E-state index >= 15 is 0 Å². The molecule has 43 heavy (non-hydrogen) atoms. The van der Waals surface area contributed by atoms with Crippen molar-refractivity contribution < 1.29 is 29.0 Å². The van der Waals surface area contributed by atoms with Gasteiger partial charge in [0.25, 0.3) is 0 Å². The molecule has 4 N–H and O–H groups in total. The second-order valence-corrected chi connectivity index (χ2v) is 13.4. The lowest BCUT2D eigenvalue weighted by molar-refractivity contribution is -0.132. The Hall–Kier alpha value is -3.56. The van der Waals surface area contributed by atoms with E-state index in [1.807, 2.05) is 39.0 Å². The summed E-state index contributed by atoms with van der Waals surface area (Å²) in [4.78, 5) is 49.3. The van der Waals surface area contributed by atoms with Gasteiger partial charge >= 0.3 is 12.1 Å². The number of carboxylic acid groups (broad SMARTS) is 1. The van der Waals surface area contributed by atoms with Crippen LogP contribution in [0.2, 0.25) is 0 Å². The molecule has 0 aliphatic rings. The van der Waals surface area contributed by atoms with Crippen molar-refractivity contribution >= 4 is 30.1 Å². The summed E-state index contributed by atoms with van der Waals surface area (Å²) in [6, 6.07) is 6.55. The highest BCUT2D eigenvalue weighted by Crippen LogP contribution is 2.32. The molecule has 0 heterocycles. The summed E-state index contributed by atoms with van der Waals surface area (Å²) in [6.45, 7) is 23.5. The van der Waals surface area contributed by atoms with Gasteiger partial charge in [-0.15, -0.1) is 0 Å². The predicted octanol–water partition coefficient (Wildman–Crippen LogP) is 5.85. The summed E-state index contributed by atoms with van der Waals surface area (Å²) in [7, 11) is 3.19. The first kappa shape index (κ1) is 41.6. The zero-order valence-corrected chi connectivity index (χ0v) is 29.0. The van der Waals surface area contributed by atoms with E-state index in [0.717, 1.165) is 5.56 Å². The van der Waals surface area contributed by atoms with Crippen LogP contribution in [0.25, 0.3) is 0 Å². The molecule has 0 fully saturated rings. The Balaban J connectivity index is 0. The minimum Gasteiger partial charge on any atom is -0.478 e. The van der Waals surface area contributed by atoms with Crippen LogP contribution in [0, 0.1) is 5.41 Å². The first-order valence-electron chi connectivity index (χ1n) is 14.6. The smallest absolute Gasteiger partial charge is 0.410 e. The predicted molar refractivity (Wildman–Crippen MR) is 175 cm³/mol. The van der Waals surface area contributed by atoms with Gasteiger partial charge in [-0.2, -0.15) is 0 Å². The number of hydrogen-bond acceptors (Lipinski definition) is 6. The molecule has 3 amide bonds. The molecular weight excluding hydrogens is 548 g/mol. The van der Waals surface area contributed by atoms with Gasteiger partial charge in [0, 0.05) is 43.4 Å². The van der Waals surface area contributed by atoms with E-state index in [0.29, 0.717) is 18.6 Å². The van der Waals surface area contributed by atoms with Gasteiger partial charge in [0.1, 0.15) is 11.6 Å². The largest absolute Gasteiger partial charge is 0.478 e. The van der Waals surface area contributed by atoms with Crippen molar-refractivity contribution in [3.8, 4) is 0 Å². The first-order chi connectivity index (χ1) is 19.5. The van der Waals surface area contributed by atoms with Crippen LogP contribution in [-0.4, -0.2) is 77.6 Å². The lowest BCUT2D eigenvalue weighted by Gasteiger charge is -2.41. The van der Waals surface area contributed by atoms with Gasteiger partial charge in [0.2, 0.25) is 12.3 Å². The number of carbonyl (C=O) groups excluding carboxylic acids is 3. The number of nitrogen functional groups attached to an aromatic ring is 1. The zero-order valence-electron chi connectivity index (χ0n) is 29.0. The zero-order chi connectivity index (χ0) is 34.3. The third kappa shape index (κ3) is 16.0. The quantitative estimate of drug-likeness (QED) is 0.182. The van der Waals surface area contributed by atoms with E-state index in [1.54, 1.807) is 40.9 Å². The van der Waals surface area contributed by atoms with E-state index in [4.69, 9.17) is 15.6 Å². The fourth-order valence-corrected chi connectivity index (χ4v) is 3.44. The van der Waals surface area contributed by atoms with Crippen molar-refractivity contribution in [2.45, 2.75) is 113 Å². The van der Waals surface area contributed by atoms with Crippen molar-refractivity contribution in [1.29, 1.82) is 0 Å². The number of aliphatic carboxylic acids is 1. The van der Waals surface area contributed by atoms with Crippen molar-refractivity contribution in [2.75, 3.05) is 26.4 Å². The Kier molecular flexibility index (Phi) is 17.6. The van der Waals surface area contributed by atoms with Crippen LogP contribution in [0.1, 0.15) is 95.1 Å². The summed E-state index contributed by atoms with van der Waals surface area (Å²) < 4.78 is 5.54. The summed E-state index contributed by atoms with van der Waals surface area (Å²) in [6.07, 6.45) is 2.83. The molecular formula is C33H58N4O6. The summed E-state index contributed by atoms with van der Waals surface area (Å²) >= 11 is 0. The van der Waals surface area contributed by atoms with Gasteiger partial charge in [-0.1, -0.05) is 73.1 Å². The van der Waals surface area contributed by atoms with Crippen LogP contribution in [0.4, 0.5) is 10.5 Å². The molecule has 246 valence electrons. The molecule has 1 aromatic rings. The van der Waals surface area contributed by atoms with E-state index in [-0.39, 0.29) is 22.9 Å². The summed E-state index contributed by atoms with van der Waals surface area (Å²) in [5.41, 5.74) is 6.23. The lowest BCUT2D eigenvalue weighted by Crippen LogP contribution is -2.59. The van der Waals surface area contributed by atoms with E-state index in [1.165, 1.54) is 29.2 Å². The minimum absolute atomic E-state index is 0.0822. The van der Waals surface area contributed by atoms with Gasteiger partial charge in [0.05, 0.1) is 0 Å². The Morgan fingerprint density at radius 1 is 1.05 bits per heavy atom. The molecule has 0 saturated heterocycles. The number of anilines is 1. The van der Waals surface area contributed by atoms with Gasteiger partial charge in [-0.25, -0.2) is 9.59 Å². The number of likely N-dealkylation sites (N-methyl/N-ethyl adjacent to an activating group) is 2. The Labute approximate surface area is 260 Å². The van der Waals surface area contributed by atoms with Crippen molar-refractivity contribution in [1.82, 2.24) is 15.1 Å². The fraction of sp³-hybridized carbons (Fsp3) is 0.636. The number of ether oxygens (including phenoxy) is 1. The number of rotatable bonds is 9. The topological polar surface area (TPSA) is 142 Å². The maximum Gasteiger partial charge on any atom is 0.410 e. The van der Waals surface area contributed by atoms with Crippen LogP contribution < -0.4 is 11.1 Å². The molecule has 0 radical (unpaired) electrons. The van der Waals surface area contributed by atoms with Gasteiger partial charge in [-0.05, 0) is 57.7 Å². The number of hydrogen-bond donors (Lipinski definition) is 3. The summed E-state index contributed by atoms with van der Waals surface area (Å²) in [5, 5.41) is 11.5. The molecule has 1 rings (SSSR count). The molecule has 2 unspecified atom stereocenters. The van der Waals surface area contributed by atoms with Crippen molar-refractivity contribution in [3.63, 3.8) is 0 Å². The number of nitrogens with two attached hydrogens (primary N) is 1. The number of nitrogens with zero attached hydrogens (tertiary/aromatic N) is 2. The average Bonchev–Trinajstić information content (AvgIpc) is 2.86. The Bertz CT molecular complexity index is 1070. The van der Waals surface area contributed by atoms with Crippen molar-refractivity contribution in [2.24, 2.45) is 5.41 Å². The molecule has 0 saturated carbocycles. The number of amides is 3. The second-order valence-electron chi connectivity index (χ2n) is 13.4. The molecule has 0 aromatic heterocycles. The number of carboxylic acids is 1. The number of nitrogens with one attached hydrogen (secondary N) is 1. The van der Waals surface area contributed by atoms with E-state index < -0.39 is 29.1 Å². The molecule has 0 spiro atoms. The maximum absolute atomic E-state index is 13.4. The Morgan fingerprint density at radius 2 is 1.56 bits per heavy atom. The van der Waals surface area contributed by atoms with Gasteiger partial charge < -0.3 is 25.8 Å². The average molecular weight is 607 g/mol. The maximum atomic E-state index is 13.4. The third-order valence-corrected chi connectivity index (χ3v) is 6.49. The molecule has 0 aliphatic heterocycles. The van der Waals surface area contributed by atoms with Crippen molar-refractivity contribution in [3.05, 3.63) is 41.5 Å². The number of benzene rings is 1. The van der Waals surface area contributed by atoms with Crippen LogP contribution >= 0.6 is 0 Å². The lowest BCUT2D eigenvalue weighted by atomic mass is 9.76. The van der Waals surface area contributed by atoms with Crippen LogP contribution in [-0.2, 0) is 24.5 Å². The van der Waals surface area contributed by atoms with Crippen LogP contribution in [0.5, 0.6) is 0 Å². The van der Waals surface area contributed by atoms with Crippen LogP contribution in [0.15, 0.2) is 35.9 Å². The molecule has 10 heteroatoms. The normalized spacial score (nSPS) is 13.1. The van der Waals surface area contributed by atoms with E-state index in [2.05, 4.69) is 39.9 Å². The standard InChI is InChI=1S/C23H39N3O3.C7H11NO3.C3H8/c1-15(21(2,3)4)25-19(27)18(26(10)20(28)29-22(5,6)7)23(8,9)16-12-11-13-17(24)14-16;1-6(7(10)11)3-4-8(2)5-9;1-3-2/h11-15,18H,24H2,1-10H3,(H,25,27);3,5H,4H2,1-2H3,(H,10,11);3H2,1-2H3/b;6-3+;. The summed E-state index contributed by atoms with van der Waals surface area (Å²) in [5.74, 6) is -1.18. The first-order valence-corrected chi connectivity index (χ1v) is 14.6. The molecule has 1 aromatic carbocycles. The van der Waals surface area contributed by atoms with Gasteiger partial charge in [-0.3, -0.25) is 14.5 Å². The number of carbonyl (C=O) groups is 4. The molecule has 0 aliphatic carbocycles. The fourth-order valence-electron chi connectivity index (χ4n) is 3.44. The van der Waals surface area contributed by atoms with E-state index in [9.17, 15) is 19.2 Å². The SMILES string of the molecule is C/C(=C\CN(C)C=O)C(=O)O.CC(NC(=O)C(N(C)C(=O)OC(C)(C)C)C(C)(C)c1cccc(N)c1)C(C)(C)C.CCC. The highest BCUT2D eigenvalue weighted by molar-refractivity contribution is 5.88. The highest BCUT2D eigenvalue weighted by atomic mass is 16.6. The third-order valence-electron chi connectivity index (χ3n) is 6.49. The minimum atomic E-state index is -0.954. The molecule has 0 bridgehead atoms. The molecule has 2 atom stereocenters. The van der Waals surface area contributed by atoms with Crippen LogP contribution in [0.3, 0.4) is 0 Å².